The second kappa shape index (κ2) is 4.07. The molecule has 0 spiro atoms. The molecule has 1 N–H and O–H groups in total. The van der Waals surface area contributed by atoms with Crippen LogP contribution in [0, 0.1) is 5.21 Å². The van der Waals surface area contributed by atoms with E-state index in [0.29, 0.717) is 16.7 Å². The highest BCUT2D eigenvalue weighted by molar-refractivity contribution is 5.08. The van der Waals surface area contributed by atoms with Gasteiger partial charge in [0, 0.05) is 11.6 Å². The molecule has 0 radical (unpaired) electrons. The van der Waals surface area contributed by atoms with E-state index in [0.717, 1.165) is 6.42 Å². The van der Waals surface area contributed by atoms with Crippen LogP contribution in [0.2, 0.25) is 0 Å². The quantitative estimate of drug-likeness (QED) is 0.542. The summed E-state index contributed by atoms with van der Waals surface area (Å²) in [6, 6.07) is 3.40. The van der Waals surface area contributed by atoms with Gasteiger partial charge in [0.05, 0.1) is 6.10 Å². The van der Waals surface area contributed by atoms with E-state index < -0.39 is 6.10 Å². The second-order valence-electron chi connectivity index (χ2n) is 2.80. The van der Waals surface area contributed by atoms with Crippen LogP contribution in [0.4, 0.5) is 0 Å². The number of pyridine rings is 1. The van der Waals surface area contributed by atoms with Gasteiger partial charge in [-0.05, 0) is 12.5 Å². The van der Waals surface area contributed by atoms with Crippen molar-refractivity contribution in [3.05, 3.63) is 35.3 Å². The summed E-state index contributed by atoms with van der Waals surface area (Å²) in [5.41, 5.74) is 0.689. The normalized spacial score (nSPS) is 12.8. The van der Waals surface area contributed by atoms with Crippen LogP contribution >= 0.6 is 0 Å². The number of rotatable bonds is 3. The predicted octanol–water partition coefficient (Wildman–Crippen LogP) is 1.15. The molecule has 0 unspecified atom stereocenters. The molecule has 0 saturated heterocycles. The smallest absolute Gasteiger partial charge is 0.186 e. The lowest BCUT2D eigenvalue weighted by atomic mass is 10.1. The van der Waals surface area contributed by atoms with Gasteiger partial charge in [-0.25, -0.2) is 0 Å². The summed E-state index contributed by atoms with van der Waals surface area (Å²) in [5.74, 6) is 0. The highest BCUT2D eigenvalue weighted by atomic mass is 16.5. The lowest BCUT2D eigenvalue weighted by Crippen LogP contribution is -2.25. The molecule has 1 heterocycles. The van der Waals surface area contributed by atoms with E-state index in [4.69, 9.17) is 0 Å². The third-order valence-corrected chi connectivity index (χ3v) is 1.74. The van der Waals surface area contributed by atoms with Gasteiger partial charge in [0.2, 0.25) is 0 Å². The Balaban J connectivity index is 2.73. The van der Waals surface area contributed by atoms with Crippen molar-refractivity contribution < 1.29 is 9.84 Å². The van der Waals surface area contributed by atoms with Crippen LogP contribution in [0.5, 0.6) is 0 Å². The minimum Gasteiger partial charge on any atom is -0.619 e. The molecule has 1 rings (SSSR count). The Bertz CT molecular complexity index is 250. The van der Waals surface area contributed by atoms with E-state index in [1.165, 1.54) is 12.4 Å². The molecule has 3 heteroatoms. The minimum absolute atomic E-state index is 0.503. The van der Waals surface area contributed by atoms with Crippen LogP contribution in [-0.2, 0) is 0 Å². The average Bonchev–Trinajstić information content (AvgIpc) is 2.05. The molecule has 0 saturated carbocycles. The second-order valence-corrected chi connectivity index (χ2v) is 2.80. The van der Waals surface area contributed by atoms with E-state index >= 15 is 0 Å². The predicted molar refractivity (Wildman–Crippen MR) is 45.3 cm³/mol. The van der Waals surface area contributed by atoms with Crippen LogP contribution in [0.1, 0.15) is 31.4 Å². The van der Waals surface area contributed by atoms with E-state index in [9.17, 15) is 10.3 Å². The molecule has 12 heavy (non-hydrogen) atoms. The van der Waals surface area contributed by atoms with Crippen molar-refractivity contribution >= 4 is 0 Å². The summed E-state index contributed by atoms with van der Waals surface area (Å²) in [6.07, 6.45) is 3.91. The Morgan fingerprint density at radius 3 is 3.00 bits per heavy atom. The molecule has 0 aliphatic carbocycles. The Hall–Kier alpha value is -1.09. The number of hydrogen-bond donors (Lipinski definition) is 1. The topological polar surface area (TPSA) is 47.2 Å². The highest BCUT2D eigenvalue weighted by Gasteiger charge is 2.07. The molecule has 0 aromatic carbocycles. The van der Waals surface area contributed by atoms with Crippen LogP contribution in [0.15, 0.2) is 24.5 Å². The maximum atomic E-state index is 10.8. The highest BCUT2D eigenvalue weighted by Crippen LogP contribution is 2.15. The number of nitrogens with zero attached hydrogens (tertiary/aromatic N) is 1. The fourth-order valence-corrected chi connectivity index (χ4v) is 1.11. The molecule has 3 nitrogen and oxygen atoms in total. The molecule has 0 aliphatic heterocycles. The SMILES string of the molecule is CCC[C@@H](O)c1ccc[n+]([O-])c1. The van der Waals surface area contributed by atoms with Crippen molar-refractivity contribution in [3.63, 3.8) is 0 Å². The molecule has 0 fully saturated rings. The lowest BCUT2D eigenvalue weighted by Gasteiger charge is -2.07. The van der Waals surface area contributed by atoms with Gasteiger partial charge in [0.15, 0.2) is 12.4 Å². The Labute approximate surface area is 71.9 Å². The van der Waals surface area contributed by atoms with Crippen LogP contribution in [0.3, 0.4) is 0 Å². The van der Waals surface area contributed by atoms with Crippen molar-refractivity contribution in [2.24, 2.45) is 0 Å². The molecule has 66 valence electrons. The Kier molecular flexibility index (Phi) is 3.05. The molecule has 1 aromatic rings. The van der Waals surface area contributed by atoms with Crippen molar-refractivity contribution in [3.8, 4) is 0 Å². The molecule has 0 aliphatic rings. The largest absolute Gasteiger partial charge is 0.619 e. The monoisotopic (exact) mass is 167 g/mol. The number of aliphatic hydroxyl groups is 1. The van der Waals surface area contributed by atoms with Crippen LogP contribution in [-0.4, -0.2) is 5.11 Å². The minimum atomic E-state index is -0.503. The van der Waals surface area contributed by atoms with Crippen molar-refractivity contribution in [1.82, 2.24) is 0 Å². The molecular formula is C9H13NO2. The number of aliphatic hydroxyl groups excluding tert-OH is 1. The summed E-state index contributed by atoms with van der Waals surface area (Å²) in [6.45, 7) is 2.00. The maximum absolute atomic E-state index is 10.8. The van der Waals surface area contributed by atoms with E-state index in [-0.39, 0.29) is 0 Å². The first-order chi connectivity index (χ1) is 5.74. The van der Waals surface area contributed by atoms with E-state index in [1.807, 2.05) is 6.92 Å². The van der Waals surface area contributed by atoms with Gasteiger partial charge in [-0.2, -0.15) is 4.73 Å². The van der Waals surface area contributed by atoms with Gasteiger partial charge >= 0.3 is 0 Å². The van der Waals surface area contributed by atoms with Gasteiger partial charge in [-0.3, -0.25) is 0 Å². The van der Waals surface area contributed by atoms with Crippen molar-refractivity contribution in [1.29, 1.82) is 0 Å². The number of hydrogen-bond acceptors (Lipinski definition) is 2. The van der Waals surface area contributed by atoms with E-state index in [1.54, 1.807) is 12.1 Å². The standard InChI is InChI=1S/C9H13NO2/c1-2-4-9(11)8-5-3-6-10(12)7-8/h3,5-7,9,11H,2,4H2,1H3/t9-/m1/s1. The summed E-state index contributed by atoms with van der Waals surface area (Å²) in [7, 11) is 0. The van der Waals surface area contributed by atoms with Crippen molar-refractivity contribution in [2.75, 3.05) is 0 Å². The zero-order chi connectivity index (χ0) is 8.97. The maximum Gasteiger partial charge on any atom is 0.186 e. The zero-order valence-electron chi connectivity index (χ0n) is 7.10. The van der Waals surface area contributed by atoms with Crippen LogP contribution in [0.25, 0.3) is 0 Å². The van der Waals surface area contributed by atoms with Gasteiger partial charge in [0.1, 0.15) is 0 Å². The summed E-state index contributed by atoms with van der Waals surface area (Å²) >= 11 is 0. The van der Waals surface area contributed by atoms with Crippen molar-refractivity contribution in [2.45, 2.75) is 25.9 Å². The fourth-order valence-electron chi connectivity index (χ4n) is 1.11. The van der Waals surface area contributed by atoms with Gasteiger partial charge in [0.25, 0.3) is 0 Å². The molecule has 1 aromatic heterocycles. The third-order valence-electron chi connectivity index (χ3n) is 1.74. The third kappa shape index (κ3) is 2.20. The summed E-state index contributed by atoms with van der Waals surface area (Å²) in [5, 5.41) is 20.3. The first-order valence-corrected chi connectivity index (χ1v) is 4.11. The number of aromatic nitrogens is 1. The Morgan fingerprint density at radius 2 is 2.42 bits per heavy atom. The molecular weight excluding hydrogens is 154 g/mol. The van der Waals surface area contributed by atoms with Gasteiger partial charge in [-0.15, -0.1) is 0 Å². The van der Waals surface area contributed by atoms with Gasteiger partial charge in [-0.1, -0.05) is 13.3 Å². The molecule has 0 bridgehead atoms. The van der Waals surface area contributed by atoms with E-state index in [2.05, 4.69) is 0 Å². The first kappa shape index (κ1) is 9.00. The summed E-state index contributed by atoms with van der Waals surface area (Å²) in [4.78, 5) is 0. The molecule has 0 amide bonds. The van der Waals surface area contributed by atoms with Gasteiger partial charge < -0.3 is 10.3 Å². The molecule has 1 atom stereocenters. The fraction of sp³-hybridized carbons (Fsp3) is 0.444. The average molecular weight is 167 g/mol. The zero-order valence-corrected chi connectivity index (χ0v) is 7.10. The van der Waals surface area contributed by atoms with Crippen LogP contribution < -0.4 is 4.73 Å². The lowest BCUT2D eigenvalue weighted by molar-refractivity contribution is -0.606. The Morgan fingerprint density at radius 1 is 1.67 bits per heavy atom. The first-order valence-electron chi connectivity index (χ1n) is 4.11. The summed E-state index contributed by atoms with van der Waals surface area (Å²) < 4.78 is 0.703.